The lowest BCUT2D eigenvalue weighted by Crippen LogP contribution is -2.17. The summed E-state index contributed by atoms with van der Waals surface area (Å²) in [5.41, 5.74) is 0.0926. The van der Waals surface area contributed by atoms with Crippen LogP contribution in [0.4, 0.5) is 0 Å². The first kappa shape index (κ1) is 11.7. The van der Waals surface area contributed by atoms with Crippen molar-refractivity contribution in [2.24, 2.45) is 0 Å². The van der Waals surface area contributed by atoms with E-state index in [-0.39, 0.29) is 11.4 Å². The highest BCUT2D eigenvalue weighted by Gasteiger charge is 2.16. The fourth-order valence-corrected chi connectivity index (χ4v) is 0.797. The monoisotopic (exact) mass is 185 g/mol. The number of methoxy groups -OCH3 is 1. The fourth-order valence-electron chi connectivity index (χ4n) is 0.797. The van der Waals surface area contributed by atoms with Crippen LogP contribution < -0.4 is 0 Å². The molecule has 0 bridgehead atoms. The molecule has 0 N–H and O–H groups in total. The van der Waals surface area contributed by atoms with Crippen molar-refractivity contribution in [1.82, 2.24) is 4.90 Å². The third-order valence-corrected chi connectivity index (χ3v) is 1.41. The van der Waals surface area contributed by atoms with Gasteiger partial charge in [0.15, 0.2) is 5.78 Å². The van der Waals surface area contributed by atoms with Gasteiger partial charge in [0.05, 0.1) is 7.11 Å². The Morgan fingerprint density at radius 1 is 1.38 bits per heavy atom. The number of ether oxygens (including phenoxy) is 1. The second-order valence-electron chi connectivity index (χ2n) is 2.77. The molecule has 74 valence electrons. The highest BCUT2D eigenvalue weighted by atomic mass is 16.5. The maximum atomic E-state index is 11.3. The zero-order valence-corrected chi connectivity index (χ0v) is 8.46. The SMILES string of the molecule is CCC(=O)/C(=C\N(C)C)C(=O)OC. The molecule has 0 aromatic carbocycles. The Labute approximate surface area is 78.2 Å². The molecule has 0 heterocycles. The van der Waals surface area contributed by atoms with Crippen LogP contribution in [0, 0.1) is 0 Å². The van der Waals surface area contributed by atoms with Crippen molar-refractivity contribution >= 4 is 11.8 Å². The molecule has 0 unspecified atom stereocenters. The molecule has 13 heavy (non-hydrogen) atoms. The van der Waals surface area contributed by atoms with E-state index in [1.165, 1.54) is 13.3 Å². The first-order valence-corrected chi connectivity index (χ1v) is 4.02. The minimum atomic E-state index is -0.583. The lowest BCUT2D eigenvalue weighted by molar-refractivity contribution is -0.137. The van der Waals surface area contributed by atoms with Gasteiger partial charge in [0.25, 0.3) is 0 Å². The van der Waals surface area contributed by atoms with Crippen molar-refractivity contribution < 1.29 is 14.3 Å². The predicted octanol–water partition coefficient (Wildman–Crippen LogP) is 0.584. The molecule has 0 saturated carbocycles. The van der Waals surface area contributed by atoms with Gasteiger partial charge in [-0.2, -0.15) is 0 Å². The number of Topliss-reactive ketones (excluding diaryl/α,β-unsaturated/α-hetero) is 1. The Balaban J connectivity index is 4.75. The summed E-state index contributed by atoms with van der Waals surface area (Å²) in [7, 11) is 4.74. The maximum absolute atomic E-state index is 11.3. The topological polar surface area (TPSA) is 46.6 Å². The standard InChI is InChI=1S/C9H15NO3/c1-5-8(11)7(6-10(2)3)9(12)13-4/h6H,5H2,1-4H3/b7-6+. The number of carbonyl (C=O) groups excluding carboxylic acids is 2. The first-order chi connectivity index (χ1) is 6.02. The van der Waals surface area contributed by atoms with E-state index in [1.54, 1.807) is 25.9 Å². The first-order valence-electron chi connectivity index (χ1n) is 4.02. The van der Waals surface area contributed by atoms with Crippen molar-refractivity contribution in [3.8, 4) is 0 Å². The number of carbonyl (C=O) groups is 2. The number of esters is 1. The van der Waals surface area contributed by atoms with Gasteiger partial charge in [-0.05, 0) is 0 Å². The number of hydrogen-bond acceptors (Lipinski definition) is 4. The van der Waals surface area contributed by atoms with Crippen LogP contribution in [0.3, 0.4) is 0 Å². The lowest BCUT2D eigenvalue weighted by Gasteiger charge is -2.08. The minimum Gasteiger partial charge on any atom is -0.465 e. The van der Waals surface area contributed by atoms with Crippen LogP contribution in [-0.2, 0) is 14.3 Å². The Hall–Kier alpha value is -1.32. The van der Waals surface area contributed by atoms with Crippen LogP contribution in [0.15, 0.2) is 11.8 Å². The Morgan fingerprint density at radius 3 is 2.23 bits per heavy atom. The second-order valence-corrected chi connectivity index (χ2v) is 2.77. The van der Waals surface area contributed by atoms with Gasteiger partial charge in [-0.25, -0.2) is 4.79 Å². The summed E-state index contributed by atoms with van der Waals surface area (Å²) in [4.78, 5) is 24.0. The van der Waals surface area contributed by atoms with Crippen LogP contribution in [-0.4, -0.2) is 37.9 Å². The van der Waals surface area contributed by atoms with E-state index in [1.807, 2.05) is 0 Å². The van der Waals surface area contributed by atoms with E-state index in [2.05, 4.69) is 4.74 Å². The second kappa shape index (κ2) is 5.35. The molecule has 0 radical (unpaired) electrons. The fraction of sp³-hybridized carbons (Fsp3) is 0.556. The summed E-state index contributed by atoms with van der Waals surface area (Å²) in [5.74, 6) is -0.791. The quantitative estimate of drug-likeness (QED) is 0.278. The van der Waals surface area contributed by atoms with E-state index in [0.29, 0.717) is 6.42 Å². The molecular weight excluding hydrogens is 170 g/mol. The van der Waals surface area contributed by atoms with Gasteiger partial charge < -0.3 is 9.64 Å². The molecule has 0 atom stereocenters. The molecule has 0 aromatic heterocycles. The highest BCUT2D eigenvalue weighted by molar-refractivity contribution is 6.17. The van der Waals surface area contributed by atoms with Crippen molar-refractivity contribution in [3.63, 3.8) is 0 Å². The largest absolute Gasteiger partial charge is 0.465 e. The van der Waals surface area contributed by atoms with Crippen LogP contribution in [0.25, 0.3) is 0 Å². The van der Waals surface area contributed by atoms with Crippen molar-refractivity contribution in [2.75, 3.05) is 21.2 Å². The van der Waals surface area contributed by atoms with Crippen molar-refractivity contribution in [3.05, 3.63) is 11.8 Å². The summed E-state index contributed by atoms with van der Waals surface area (Å²) in [6.45, 7) is 1.70. The van der Waals surface area contributed by atoms with E-state index in [9.17, 15) is 9.59 Å². The zero-order valence-electron chi connectivity index (χ0n) is 8.46. The average molecular weight is 185 g/mol. The van der Waals surface area contributed by atoms with E-state index >= 15 is 0 Å². The normalized spacial score (nSPS) is 10.9. The predicted molar refractivity (Wildman–Crippen MR) is 49.1 cm³/mol. The molecule has 0 fully saturated rings. The summed E-state index contributed by atoms with van der Waals surface area (Å²) < 4.78 is 4.48. The zero-order chi connectivity index (χ0) is 10.4. The summed E-state index contributed by atoms with van der Waals surface area (Å²) in [6.07, 6.45) is 1.77. The molecule has 0 aliphatic carbocycles. The molecule has 4 nitrogen and oxygen atoms in total. The Kier molecular flexibility index (Phi) is 4.80. The molecule has 0 rings (SSSR count). The smallest absolute Gasteiger partial charge is 0.342 e. The highest BCUT2D eigenvalue weighted by Crippen LogP contribution is 2.03. The minimum absolute atomic E-state index is 0.0926. The Bertz CT molecular complexity index is 213. The molecular formula is C9H15NO3. The van der Waals surface area contributed by atoms with Gasteiger partial charge in [0, 0.05) is 26.7 Å². The van der Waals surface area contributed by atoms with Gasteiger partial charge in [-0.15, -0.1) is 0 Å². The van der Waals surface area contributed by atoms with Crippen LogP contribution in [0.2, 0.25) is 0 Å². The maximum Gasteiger partial charge on any atom is 0.342 e. The van der Waals surface area contributed by atoms with E-state index in [0.717, 1.165) is 0 Å². The number of hydrogen-bond donors (Lipinski definition) is 0. The van der Waals surface area contributed by atoms with Crippen LogP contribution in [0.5, 0.6) is 0 Å². The summed E-state index contributed by atoms with van der Waals surface area (Å²) in [6, 6.07) is 0. The van der Waals surface area contributed by atoms with Crippen molar-refractivity contribution in [1.29, 1.82) is 0 Å². The van der Waals surface area contributed by atoms with Crippen LogP contribution in [0.1, 0.15) is 13.3 Å². The van der Waals surface area contributed by atoms with E-state index in [4.69, 9.17) is 0 Å². The molecule has 4 heteroatoms. The van der Waals surface area contributed by atoms with Gasteiger partial charge in [-0.3, -0.25) is 4.79 Å². The van der Waals surface area contributed by atoms with Gasteiger partial charge >= 0.3 is 5.97 Å². The van der Waals surface area contributed by atoms with Crippen LogP contribution >= 0.6 is 0 Å². The lowest BCUT2D eigenvalue weighted by atomic mass is 10.1. The number of rotatable bonds is 4. The average Bonchev–Trinajstić information content (AvgIpc) is 2.11. The van der Waals surface area contributed by atoms with Gasteiger partial charge in [0.1, 0.15) is 5.57 Å². The molecule has 0 aromatic rings. The Morgan fingerprint density at radius 2 is 1.92 bits per heavy atom. The third-order valence-electron chi connectivity index (χ3n) is 1.41. The number of ketones is 1. The molecule has 0 amide bonds. The summed E-state index contributed by atoms with van der Waals surface area (Å²) in [5, 5.41) is 0. The van der Waals surface area contributed by atoms with E-state index < -0.39 is 5.97 Å². The van der Waals surface area contributed by atoms with Gasteiger partial charge in [0.2, 0.25) is 0 Å². The molecule has 0 aliphatic rings. The summed E-state index contributed by atoms with van der Waals surface area (Å²) >= 11 is 0. The van der Waals surface area contributed by atoms with Gasteiger partial charge in [-0.1, -0.05) is 6.92 Å². The molecule has 0 aliphatic heterocycles. The third kappa shape index (κ3) is 3.73. The van der Waals surface area contributed by atoms with Crippen molar-refractivity contribution in [2.45, 2.75) is 13.3 Å². The molecule has 0 saturated heterocycles. The molecule has 0 spiro atoms. The number of nitrogens with zero attached hydrogens (tertiary/aromatic N) is 1.